The largest absolute Gasteiger partial charge is 0.461 e. The first-order valence-corrected chi connectivity index (χ1v) is 8.79. The Bertz CT molecular complexity index is 569. The Labute approximate surface area is 151 Å². The second-order valence-electron chi connectivity index (χ2n) is 6.52. The van der Waals surface area contributed by atoms with Gasteiger partial charge in [-0.1, -0.05) is 0 Å². The monoisotopic (exact) mass is 372 g/mol. The molecule has 2 unspecified atom stereocenters. The molecular formula is C16H24N2O6S. The number of esters is 2. The minimum Gasteiger partial charge on any atom is -0.461 e. The Morgan fingerprint density at radius 2 is 2.04 bits per heavy atom. The third-order valence-electron chi connectivity index (χ3n) is 3.21. The molecule has 9 heteroatoms. The van der Waals surface area contributed by atoms with Gasteiger partial charge in [-0.25, -0.2) is 4.79 Å². The SMILES string of the molecule is CC(=O)OCC1=C(C(=O)OC(C)(C)C)N(C=O)C(C(C)NC=O)SC1. The molecule has 0 fully saturated rings. The molecule has 1 N–H and O–H groups in total. The zero-order valence-electron chi connectivity index (χ0n) is 15.0. The van der Waals surface area contributed by atoms with Gasteiger partial charge in [-0.15, -0.1) is 11.8 Å². The van der Waals surface area contributed by atoms with Crippen LogP contribution in [-0.4, -0.2) is 59.0 Å². The van der Waals surface area contributed by atoms with Crippen molar-refractivity contribution in [2.45, 2.75) is 51.6 Å². The number of nitrogens with zero attached hydrogens (tertiary/aromatic N) is 1. The summed E-state index contributed by atoms with van der Waals surface area (Å²) in [6.45, 7) is 8.03. The molecule has 2 atom stereocenters. The summed E-state index contributed by atoms with van der Waals surface area (Å²) >= 11 is 1.36. The molecule has 1 aliphatic rings. The number of hydrogen-bond donors (Lipinski definition) is 1. The summed E-state index contributed by atoms with van der Waals surface area (Å²) in [5.74, 6) is -0.802. The predicted octanol–water partition coefficient (Wildman–Crippen LogP) is 0.811. The lowest BCUT2D eigenvalue weighted by molar-refractivity contribution is -0.153. The molecular weight excluding hydrogens is 348 g/mol. The van der Waals surface area contributed by atoms with E-state index in [1.165, 1.54) is 23.6 Å². The van der Waals surface area contributed by atoms with Gasteiger partial charge in [-0.3, -0.25) is 19.3 Å². The normalized spacial score (nSPS) is 19.1. The summed E-state index contributed by atoms with van der Waals surface area (Å²) in [5, 5.41) is 2.11. The molecule has 2 amide bonds. The highest BCUT2D eigenvalue weighted by atomic mass is 32.2. The third kappa shape index (κ3) is 6.08. The summed E-state index contributed by atoms with van der Waals surface area (Å²) in [4.78, 5) is 47.4. The Morgan fingerprint density at radius 3 is 2.52 bits per heavy atom. The number of amides is 2. The van der Waals surface area contributed by atoms with Gasteiger partial charge in [-0.05, 0) is 27.7 Å². The molecule has 0 radical (unpaired) electrons. The van der Waals surface area contributed by atoms with Crippen molar-refractivity contribution in [1.29, 1.82) is 0 Å². The second-order valence-corrected chi connectivity index (χ2v) is 7.63. The number of thioether (sulfide) groups is 1. The lowest BCUT2D eigenvalue weighted by Crippen LogP contribution is -2.50. The lowest BCUT2D eigenvalue weighted by atomic mass is 10.1. The Hall–Kier alpha value is -2.03. The molecule has 0 spiro atoms. The van der Waals surface area contributed by atoms with Crippen LogP contribution < -0.4 is 5.32 Å². The first kappa shape index (κ1) is 21.0. The Balaban J connectivity index is 3.24. The second kappa shape index (κ2) is 8.89. The predicted molar refractivity (Wildman–Crippen MR) is 92.3 cm³/mol. The molecule has 1 heterocycles. The number of nitrogens with one attached hydrogen (secondary N) is 1. The van der Waals surface area contributed by atoms with E-state index >= 15 is 0 Å². The fourth-order valence-corrected chi connectivity index (χ4v) is 3.48. The molecule has 0 bridgehead atoms. The molecule has 0 aromatic heterocycles. The summed E-state index contributed by atoms with van der Waals surface area (Å²) in [6, 6.07) is -0.389. The van der Waals surface area contributed by atoms with Crippen molar-refractivity contribution in [1.82, 2.24) is 10.2 Å². The van der Waals surface area contributed by atoms with E-state index in [0.717, 1.165) is 0 Å². The first-order chi connectivity index (χ1) is 11.6. The molecule has 1 rings (SSSR count). The maximum atomic E-state index is 12.6. The van der Waals surface area contributed by atoms with Gasteiger partial charge in [0.05, 0.1) is 6.04 Å². The molecule has 0 aromatic rings. The van der Waals surface area contributed by atoms with Crippen LogP contribution in [-0.2, 0) is 28.7 Å². The zero-order valence-corrected chi connectivity index (χ0v) is 15.8. The highest BCUT2D eigenvalue weighted by Crippen LogP contribution is 2.33. The highest BCUT2D eigenvalue weighted by molar-refractivity contribution is 8.00. The van der Waals surface area contributed by atoms with Crippen LogP contribution in [0.1, 0.15) is 34.6 Å². The Morgan fingerprint density at radius 1 is 1.40 bits per heavy atom. The smallest absolute Gasteiger partial charge is 0.355 e. The van der Waals surface area contributed by atoms with E-state index in [2.05, 4.69) is 5.32 Å². The van der Waals surface area contributed by atoms with E-state index in [4.69, 9.17) is 9.47 Å². The number of carbonyl (C=O) groups is 4. The van der Waals surface area contributed by atoms with Crippen LogP contribution in [0, 0.1) is 0 Å². The van der Waals surface area contributed by atoms with Crippen molar-refractivity contribution < 1.29 is 28.7 Å². The quantitative estimate of drug-likeness (QED) is 0.521. The van der Waals surface area contributed by atoms with Crippen LogP contribution >= 0.6 is 11.8 Å². The van der Waals surface area contributed by atoms with Gasteiger partial charge < -0.3 is 14.8 Å². The highest BCUT2D eigenvalue weighted by Gasteiger charge is 2.38. The van der Waals surface area contributed by atoms with Crippen LogP contribution in [0.5, 0.6) is 0 Å². The first-order valence-electron chi connectivity index (χ1n) is 7.74. The molecule has 140 valence electrons. The van der Waals surface area contributed by atoms with E-state index < -0.39 is 22.9 Å². The van der Waals surface area contributed by atoms with Gasteiger partial charge in [0.1, 0.15) is 23.3 Å². The van der Waals surface area contributed by atoms with E-state index in [1.54, 1.807) is 27.7 Å². The molecule has 1 aliphatic heterocycles. The number of rotatable bonds is 7. The van der Waals surface area contributed by atoms with Crippen LogP contribution in [0.3, 0.4) is 0 Å². The number of hydrogen-bond acceptors (Lipinski definition) is 7. The molecule has 8 nitrogen and oxygen atoms in total. The lowest BCUT2D eigenvalue weighted by Gasteiger charge is -2.38. The third-order valence-corrected chi connectivity index (χ3v) is 4.70. The van der Waals surface area contributed by atoms with Gasteiger partial charge in [0.15, 0.2) is 0 Å². The summed E-state index contributed by atoms with van der Waals surface area (Å²) in [7, 11) is 0. The summed E-state index contributed by atoms with van der Waals surface area (Å²) in [5.41, 5.74) is -0.219. The number of carbonyl (C=O) groups excluding carboxylic acids is 4. The fraction of sp³-hybridized carbons (Fsp3) is 0.625. The summed E-state index contributed by atoms with van der Waals surface area (Å²) in [6.07, 6.45) is 1.06. The van der Waals surface area contributed by atoms with E-state index in [1.807, 2.05) is 0 Å². The average Bonchev–Trinajstić information content (AvgIpc) is 2.50. The fourth-order valence-electron chi connectivity index (χ4n) is 2.21. The molecule has 0 aromatic carbocycles. The van der Waals surface area contributed by atoms with Crippen LogP contribution in [0.4, 0.5) is 0 Å². The number of ether oxygens (including phenoxy) is 2. The van der Waals surface area contributed by atoms with Gasteiger partial charge in [0.2, 0.25) is 12.8 Å². The minimum atomic E-state index is -0.752. The molecule has 0 aliphatic carbocycles. The average molecular weight is 372 g/mol. The van der Waals surface area contributed by atoms with Crippen molar-refractivity contribution in [3.05, 3.63) is 11.3 Å². The van der Waals surface area contributed by atoms with Crippen LogP contribution in [0.2, 0.25) is 0 Å². The van der Waals surface area contributed by atoms with E-state index in [0.29, 0.717) is 24.1 Å². The van der Waals surface area contributed by atoms with Crippen LogP contribution in [0.15, 0.2) is 11.3 Å². The minimum absolute atomic E-state index is 0.0504. The van der Waals surface area contributed by atoms with E-state index in [9.17, 15) is 19.2 Å². The van der Waals surface area contributed by atoms with Gasteiger partial charge in [0.25, 0.3) is 0 Å². The van der Waals surface area contributed by atoms with Crippen molar-refractivity contribution in [3.63, 3.8) is 0 Å². The zero-order chi connectivity index (χ0) is 19.2. The van der Waals surface area contributed by atoms with E-state index in [-0.39, 0.29) is 18.3 Å². The van der Waals surface area contributed by atoms with Crippen molar-refractivity contribution in [3.8, 4) is 0 Å². The topological polar surface area (TPSA) is 102 Å². The molecule has 0 saturated heterocycles. The maximum absolute atomic E-state index is 12.6. The van der Waals surface area contributed by atoms with Gasteiger partial charge in [0, 0.05) is 18.2 Å². The van der Waals surface area contributed by atoms with Gasteiger partial charge >= 0.3 is 11.9 Å². The van der Waals surface area contributed by atoms with Crippen molar-refractivity contribution in [2.24, 2.45) is 0 Å². The van der Waals surface area contributed by atoms with Crippen LogP contribution in [0.25, 0.3) is 0 Å². The van der Waals surface area contributed by atoms with Gasteiger partial charge in [-0.2, -0.15) is 0 Å². The molecule has 0 saturated carbocycles. The Kier molecular flexibility index (Phi) is 7.47. The summed E-state index contributed by atoms with van der Waals surface area (Å²) < 4.78 is 10.4. The standard InChI is InChI=1S/C16H24N2O6S/c1-10(17-8-19)14-18(9-20)13(15(22)24-16(3,4)5)12(7-25-14)6-23-11(2)21/h8-10,14H,6-7H2,1-5H3,(H,17,19). The molecule has 25 heavy (non-hydrogen) atoms. The van der Waals surface area contributed by atoms with Crippen molar-refractivity contribution in [2.75, 3.05) is 12.4 Å². The van der Waals surface area contributed by atoms with Crippen molar-refractivity contribution >= 4 is 36.5 Å². The maximum Gasteiger partial charge on any atom is 0.355 e.